The SMILES string of the molecule is CCCC(C)[P+](=O)O.[Zn]. The van der Waals surface area contributed by atoms with Gasteiger partial charge in [-0.2, -0.15) is 4.89 Å². The Morgan fingerprint density at radius 3 is 2.22 bits per heavy atom. The van der Waals surface area contributed by atoms with Gasteiger partial charge in [0.15, 0.2) is 5.66 Å². The Labute approximate surface area is 69.7 Å². The molecular weight excluding hydrogens is 188 g/mol. The van der Waals surface area contributed by atoms with Crippen LogP contribution >= 0.6 is 8.03 Å². The molecule has 0 heterocycles. The molecule has 1 N–H and O–H groups in total. The van der Waals surface area contributed by atoms with E-state index in [1.807, 2.05) is 6.92 Å². The van der Waals surface area contributed by atoms with E-state index in [0.29, 0.717) is 0 Å². The molecule has 0 saturated carbocycles. The van der Waals surface area contributed by atoms with Gasteiger partial charge in [0.2, 0.25) is 0 Å². The summed E-state index contributed by atoms with van der Waals surface area (Å²) in [7, 11) is -1.92. The average molecular weight is 201 g/mol. The third-order valence-corrected chi connectivity index (χ3v) is 2.10. The van der Waals surface area contributed by atoms with Crippen LogP contribution in [0.4, 0.5) is 0 Å². The number of rotatable bonds is 3. The molecule has 0 aromatic rings. The van der Waals surface area contributed by atoms with Crippen LogP contribution in [0.3, 0.4) is 0 Å². The molecule has 2 unspecified atom stereocenters. The number of hydrogen-bond acceptors (Lipinski definition) is 1. The van der Waals surface area contributed by atoms with Gasteiger partial charge in [-0.15, -0.1) is 0 Å². The molecule has 0 saturated heterocycles. The first-order valence-electron chi connectivity index (χ1n) is 2.83. The summed E-state index contributed by atoms with van der Waals surface area (Å²) >= 11 is 0. The molecule has 0 aliphatic carbocycles. The Morgan fingerprint density at radius 2 is 2.11 bits per heavy atom. The maximum Gasteiger partial charge on any atom is 0.508 e. The van der Waals surface area contributed by atoms with Gasteiger partial charge in [0.05, 0.1) is 0 Å². The molecular formula is C5H12O2PZn+. The molecule has 9 heavy (non-hydrogen) atoms. The molecule has 50 valence electrons. The minimum atomic E-state index is -1.92. The zero-order valence-electron chi connectivity index (χ0n) is 6.00. The van der Waals surface area contributed by atoms with Gasteiger partial charge in [-0.1, -0.05) is 13.3 Å². The van der Waals surface area contributed by atoms with E-state index >= 15 is 0 Å². The Hall–Kier alpha value is 0.683. The molecule has 4 heteroatoms. The van der Waals surface area contributed by atoms with Crippen molar-refractivity contribution in [2.75, 3.05) is 0 Å². The van der Waals surface area contributed by atoms with E-state index in [9.17, 15) is 4.57 Å². The molecule has 0 rings (SSSR count). The second-order valence-electron chi connectivity index (χ2n) is 1.94. The fraction of sp³-hybridized carbons (Fsp3) is 1.00. The van der Waals surface area contributed by atoms with Crippen molar-refractivity contribution >= 4 is 8.03 Å². The molecule has 0 spiro atoms. The van der Waals surface area contributed by atoms with Crippen LogP contribution in [0.1, 0.15) is 26.7 Å². The van der Waals surface area contributed by atoms with Crippen LogP contribution in [0.2, 0.25) is 0 Å². The van der Waals surface area contributed by atoms with E-state index in [-0.39, 0.29) is 25.1 Å². The third-order valence-electron chi connectivity index (χ3n) is 1.08. The van der Waals surface area contributed by atoms with Crippen LogP contribution in [0.25, 0.3) is 0 Å². The summed E-state index contributed by atoms with van der Waals surface area (Å²) in [5, 5.41) is 0. The molecule has 0 amide bonds. The summed E-state index contributed by atoms with van der Waals surface area (Å²) in [4.78, 5) is 8.46. The monoisotopic (exact) mass is 199 g/mol. The van der Waals surface area contributed by atoms with Crippen LogP contribution in [0.15, 0.2) is 0 Å². The van der Waals surface area contributed by atoms with Crippen molar-refractivity contribution in [3.05, 3.63) is 0 Å². The van der Waals surface area contributed by atoms with Crippen molar-refractivity contribution in [2.24, 2.45) is 0 Å². The van der Waals surface area contributed by atoms with Crippen molar-refractivity contribution in [1.82, 2.24) is 0 Å². The topological polar surface area (TPSA) is 37.3 Å². The second-order valence-corrected chi connectivity index (χ2v) is 3.43. The van der Waals surface area contributed by atoms with Crippen LogP contribution in [0, 0.1) is 0 Å². The predicted octanol–water partition coefficient (Wildman–Crippen LogP) is 1.91. The number of hydrogen-bond donors (Lipinski definition) is 1. The Kier molecular flexibility index (Phi) is 9.34. The normalized spacial score (nSPS) is 13.9. The van der Waals surface area contributed by atoms with Crippen LogP contribution in [-0.2, 0) is 24.0 Å². The quantitative estimate of drug-likeness (QED) is 0.558. The fourth-order valence-electron chi connectivity index (χ4n) is 0.528. The zero-order valence-corrected chi connectivity index (χ0v) is 9.86. The summed E-state index contributed by atoms with van der Waals surface area (Å²) in [6.45, 7) is 3.80. The van der Waals surface area contributed by atoms with Gasteiger partial charge >= 0.3 is 8.03 Å². The van der Waals surface area contributed by atoms with Crippen LogP contribution in [-0.4, -0.2) is 10.6 Å². The van der Waals surface area contributed by atoms with Crippen molar-refractivity contribution < 1.29 is 28.9 Å². The molecule has 0 aromatic carbocycles. The maximum atomic E-state index is 10.2. The molecule has 2 nitrogen and oxygen atoms in total. The molecule has 0 aliphatic rings. The van der Waals surface area contributed by atoms with E-state index in [2.05, 4.69) is 0 Å². The van der Waals surface area contributed by atoms with Gasteiger partial charge in [-0.3, -0.25) is 0 Å². The molecule has 0 bridgehead atoms. The van der Waals surface area contributed by atoms with Gasteiger partial charge in [0, 0.05) is 19.5 Å². The van der Waals surface area contributed by atoms with Crippen molar-refractivity contribution in [3.8, 4) is 0 Å². The van der Waals surface area contributed by atoms with Crippen molar-refractivity contribution in [1.29, 1.82) is 0 Å². The second kappa shape index (κ2) is 6.80. The summed E-state index contributed by atoms with van der Waals surface area (Å²) in [5.41, 5.74) is -0.0185. The first-order chi connectivity index (χ1) is 3.68. The Bertz CT molecular complexity index is 87.0. The minimum absolute atomic E-state index is 0. The van der Waals surface area contributed by atoms with Gasteiger partial charge in [-0.05, 0) is 17.9 Å². The summed E-state index contributed by atoms with van der Waals surface area (Å²) < 4.78 is 10.2. The Morgan fingerprint density at radius 1 is 1.67 bits per heavy atom. The smallest absolute Gasteiger partial charge is 0.161 e. The van der Waals surface area contributed by atoms with Gasteiger partial charge in [0.25, 0.3) is 0 Å². The maximum absolute atomic E-state index is 10.2. The van der Waals surface area contributed by atoms with Crippen LogP contribution < -0.4 is 0 Å². The van der Waals surface area contributed by atoms with Gasteiger partial charge < -0.3 is 0 Å². The first kappa shape index (κ1) is 12.4. The Balaban J connectivity index is 0. The van der Waals surface area contributed by atoms with Crippen LogP contribution in [0.5, 0.6) is 0 Å². The third kappa shape index (κ3) is 6.57. The van der Waals surface area contributed by atoms with Crippen molar-refractivity contribution in [3.63, 3.8) is 0 Å². The van der Waals surface area contributed by atoms with E-state index in [4.69, 9.17) is 4.89 Å². The van der Waals surface area contributed by atoms with E-state index in [1.165, 1.54) is 0 Å². The molecule has 0 aromatic heterocycles. The van der Waals surface area contributed by atoms with Crippen molar-refractivity contribution in [2.45, 2.75) is 32.3 Å². The first-order valence-corrected chi connectivity index (χ1v) is 4.12. The van der Waals surface area contributed by atoms with E-state index in [1.54, 1.807) is 6.92 Å². The fourth-order valence-corrected chi connectivity index (χ4v) is 1.01. The standard InChI is InChI=1S/C5H11O2P.Zn/c1-3-4-5(2)8(6)7;/h5H,3-4H2,1-2H3;/p+1. The summed E-state index contributed by atoms with van der Waals surface area (Å²) in [6, 6.07) is 0. The van der Waals surface area contributed by atoms with E-state index in [0.717, 1.165) is 12.8 Å². The summed E-state index contributed by atoms with van der Waals surface area (Å²) in [6.07, 6.45) is 1.84. The summed E-state index contributed by atoms with van der Waals surface area (Å²) in [5.74, 6) is 0. The minimum Gasteiger partial charge on any atom is -0.161 e. The zero-order chi connectivity index (χ0) is 6.57. The van der Waals surface area contributed by atoms with Gasteiger partial charge in [0.1, 0.15) is 0 Å². The average Bonchev–Trinajstić information content (AvgIpc) is 1.67. The molecule has 2 atom stereocenters. The molecule has 0 aliphatic heterocycles. The molecule has 0 fully saturated rings. The predicted molar refractivity (Wildman–Crippen MR) is 34.2 cm³/mol. The van der Waals surface area contributed by atoms with Gasteiger partial charge in [-0.25, -0.2) is 0 Å². The van der Waals surface area contributed by atoms with E-state index < -0.39 is 8.03 Å². The molecule has 0 radical (unpaired) electrons. The largest absolute Gasteiger partial charge is 0.508 e.